The van der Waals surface area contributed by atoms with Crippen molar-refractivity contribution in [2.45, 2.75) is 58.7 Å². The van der Waals surface area contributed by atoms with Gasteiger partial charge >= 0.3 is 0 Å². The van der Waals surface area contributed by atoms with Gasteiger partial charge in [0.25, 0.3) is 0 Å². The molecule has 0 rings (SSSR count). The first kappa shape index (κ1) is 20.8. The van der Waals surface area contributed by atoms with Gasteiger partial charge in [0.1, 0.15) is 0 Å². The summed E-state index contributed by atoms with van der Waals surface area (Å²) < 4.78 is 10.7. The van der Waals surface area contributed by atoms with Gasteiger partial charge < -0.3 is 25.0 Å². The molecule has 128 valence electrons. The predicted molar refractivity (Wildman–Crippen MR) is 85.5 cm³/mol. The fraction of sp³-hybridized carbons (Fsp3) is 1.00. The van der Waals surface area contributed by atoms with Gasteiger partial charge in [-0.3, -0.25) is 0 Å². The van der Waals surface area contributed by atoms with Crippen molar-refractivity contribution in [1.82, 2.24) is 5.32 Å². The number of aliphatic hydroxyl groups excluding tert-OH is 1. The van der Waals surface area contributed by atoms with Crippen LogP contribution in [0.1, 0.15) is 47.0 Å². The monoisotopic (exact) mass is 305 g/mol. The van der Waals surface area contributed by atoms with E-state index in [2.05, 4.69) is 26.1 Å². The zero-order valence-corrected chi connectivity index (χ0v) is 14.2. The van der Waals surface area contributed by atoms with Crippen molar-refractivity contribution < 1.29 is 19.7 Å². The maximum Gasteiger partial charge on any atom is 0.0897 e. The molecule has 0 amide bonds. The van der Waals surface area contributed by atoms with E-state index in [1.807, 2.05) is 6.92 Å². The summed E-state index contributed by atoms with van der Waals surface area (Å²) in [7, 11) is 0. The molecule has 0 aliphatic heterocycles. The first-order chi connectivity index (χ1) is 9.87. The molecule has 0 aromatic carbocycles. The lowest BCUT2D eigenvalue weighted by Gasteiger charge is -2.26. The van der Waals surface area contributed by atoms with Crippen molar-refractivity contribution in [3.8, 4) is 0 Å². The van der Waals surface area contributed by atoms with Crippen molar-refractivity contribution >= 4 is 0 Å². The van der Waals surface area contributed by atoms with Gasteiger partial charge in [0.05, 0.1) is 31.5 Å². The van der Waals surface area contributed by atoms with Gasteiger partial charge in [-0.25, -0.2) is 0 Å². The molecule has 0 aliphatic rings. The largest absolute Gasteiger partial charge is 0.389 e. The lowest BCUT2D eigenvalue weighted by atomic mass is 9.94. The Labute approximate surface area is 130 Å². The van der Waals surface area contributed by atoms with Gasteiger partial charge in [-0.05, 0) is 25.7 Å². The number of rotatable bonds is 14. The molecule has 0 fully saturated rings. The van der Waals surface area contributed by atoms with Gasteiger partial charge in [0, 0.05) is 19.7 Å². The van der Waals surface area contributed by atoms with Gasteiger partial charge in [-0.2, -0.15) is 0 Å². The zero-order chi connectivity index (χ0) is 16.1. The summed E-state index contributed by atoms with van der Waals surface area (Å²) in [6, 6.07) is 0. The van der Waals surface area contributed by atoms with Gasteiger partial charge in [-0.1, -0.05) is 27.2 Å². The van der Waals surface area contributed by atoms with Crippen molar-refractivity contribution in [3.63, 3.8) is 0 Å². The van der Waals surface area contributed by atoms with E-state index in [9.17, 15) is 10.2 Å². The van der Waals surface area contributed by atoms with Crippen molar-refractivity contribution in [3.05, 3.63) is 0 Å². The second-order valence-corrected chi connectivity index (χ2v) is 6.42. The summed E-state index contributed by atoms with van der Waals surface area (Å²) in [4.78, 5) is 0. The van der Waals surface area contributed by atoms with Crippen LogP contribution >= 0.6 is 0 Å². The summed E-state index contributed by atoms with van der Waals surface area (Å²) >= 11 is 0. The Morgan fingerprint density at radius 2 is 1.81 bits per heavy atom. The lowest BCUT2D eigenvalue weighted by molar-refractivity contribution is -0.000842. The van der Waals surface area contributed by atoms with Crippen LogP contribution in [0.5, 0.6) is 0 Å². The molecule has 0 radical (unpaired) electrons. The van der Waals surface area contributed by atoms with Crippen LogP contribution in [0.25, 0.3) is 0 Å². The Morgan fingerprint density at radius 3 is 2.43 bits per heavy atom. The van der Waals surface area contributed by atoms with E-state index >= 15 is 0 Å². The van der Waals surface area contributed by atoms with Crippen molar-refractivity contribution in [2.75, 3.05) is 39.5 Å². The maximum absolute atomic E-state index is 10.1. The smallest absolute Gasteiger partial charge is 0.0897 e. The van der Waals surface area contributed by atoms with E-state index in [0.29, 0.717) is 32.2 Å². The van der Waals surface area contributed by atoms with E-state index in [-0.39, 0.29) is 6.61 Å². The zero-order valence-electron chi connectivity index (χ0n) is 14.2. The molecule has 0 aromatic heterocycles. The Bertz CT molecular complexity index is 234. The molecule has 0 heterocycles. The molecule has 0 saturated heterocycles. The van der Waals surface area contributed by atoms with E-state index in [0.717, 1.165) is 25.9 Å². The predicted octanol–water partition coefficient (Wildman–Crippen LogP) is 1.57. The van der Waals surface area contributed by atoms with Gasteiger partial charge in [-0.15, -0.1) is 0 Å². The highest BCUT2D eigenvalue weighted by molar-refractivity contribution is 4.77. The van der Waals surface area contributed by atoms with Crippen LogP contribution < -0.4 is 5.32 Å². The molecule has 0 saturated carbocycles. The number of unbranched alkanes of at least 4 members (excludes halogenated alkanes) is 1. The summed E-state index contributed by atoms with van der Waals surface area (Å²) in [5, 5.41) is 23.0. The third-order valence-corrected chi connectivity index (χ3v) is 3.06. The van der Waals surface area contributed by atoms with Crippen LogP contribution in [0.3, 0.4) is 0 Å². The van der Waals surface area contributed by atoms with Gasteiger partial charge in [0.15, 0.2) is 0 Å². The van der Waals surface area contributed by atoms with Crippen LogP contribution in [-0.4, -0.2) is 61.4 Å². The average Bonchev–Trinajstić information content (AvgIpc) is 2.35. The van der Waals surface area contributed by atoms with Crippen LogP contribution in [0.4, 0.5) is 0 Å². The van der Waals surface area contributed by atoms with Crippen molar-refractivity contribution in [1.29, 1.82) is 0 Å². The summed E-state index contributed by atoms with van der Waals surface area (Å²) in [5.41, 5.74) is -0.734. The first-order valence-corrected chi connectivity index (χ1v) is 8.14. The van der Waals surface area contributed by atoms with E-state index in [1.165, 1.54) is 0 Å². The second-order valence-electron chi connectivity index (χ2n) is 6.42. The van der Waals surface area contributed by atoms with E-state index < -0.39 is 11.7 Å². The number of nitrogens with one attached hydrogen (secondary N) is 1. The molecule has 5 heteroatoms. The highest BCUT2D eigenvalue weighted by Crippen LogP contribution is 2.14. The third-order valence-electron chi connectivity index (χ3n) is 3.06. The quantitative estimate of drug-likeness (QED) is 0.425. The first-order valence-electron chi connectivity index (χ1n) is 8.14. The number of hydrogen-bond acceptors (Lipinski definition) is 5. The van der Waals surface area contributed by atoms with Gasteiger partial charge in [0.2, 0.25) is 0 Å². The van der Waals surface area contributed by atoms with Crippen LogP contribution in [-0.2, 0) is 9.47 Å². The normalized spacial score (nSPS) is 16.1. The Morgan fingerprint density at radius 1 is 1.14 bits per heavy atom. The molecule has 0 spiro atoms. The average molecular weight is 305 g/mol. The number of ether oxygens (including phenoxy) is 2. The maximum atomic E-state index is 10.1. The summed E-state index contributed by atoms with van der Waals surface area (Å²) in [6.07, 6.45) is 2.38. The molecule has 3 N–H and O–H groups in total. The van der Waals surface area contributed by atoms with E-state index in [1.54, 1.807) is 0 Å². The fourth-order valence-electron chi connectivity index (χ4n) is 2.20. The minimum atomic E-state index is -0.734. The fourth-order valence-corrected chi connectivity index (χ4v) is 2.20. The Hall–Kier alpha value is -0.200. The minimum absolute atomic E-state index is 0.288. The minimum Gasteiger partial charge on any atom is -0.389 e. The molecular formula is C16H35NO4. The molecule has 0 aromatic rings. The SMILES string of the molecule is CCCCOCCOCC(O)CNCC(C)(O)CC(C)C. The molecule has 0 aliphatic carbocycles. The van der Waals surface area contributed by atoms with Crippen LogP contribution in [0.15, 0.2) is 0 Å². The van der Waals surface area contributed by atoms with Crippen LogP contribution in [0.2, 0.25) is 0 Å². The van der Waals surface area contributed by atoms with Crippen LogP contribution in [0, 0.1) is 5.92 Å². The highest BCUT2D eigenvalue weighted by atomic mass is 16.5. The molecular weight excluding hydrogens is 270 g/mol. The van der Waals surface area contributed by atoms with E-state index in [4.69, 9.17) is 9.47 Å². The molecule has 2 atom stereocenters. The summed E-state index contributed by atoms with van der Waals surface area (Å²) in [5.74, 6) is 0.447. The topological polar surface area (TPSA) is 71.0 Å². The molecule has 21 heavy (non-hydrogen) atoms. The number of aliphatic hydroxyl groups is 2. The molecule has 0 bridgehead atoms. The second kappa shape index (κ2) is 12.4. The third kappa shape index (κ3) is 14.5. The highest BCUT2D eigenvalue weighted by Gasteiger charge is 2.21. The Balaban J connectivity index is 3.47. The summed E-state index contributed by atoms with van der Waals surface area (Å²) in [6.45, 7) is 11.1. The van der Waals surface area contributed by atoms with Crippen molar-refractivity contribution in [2.24, 2.45) is 5.92 Å². The molecule has 2 unspecified atom stereocenters. The molecule has 5 nitrogen and oxygen atoms in total. The standard InChI is InChI=1S/C16H35NO4/c1-5-6-7-20-8-9-21-12-15(18)11-17-13-16(4,19)10-14(2)3/h14-15,17-19H,5-13H2,1-4H3. The number of hydrogen-bond donors (Lipinski definition) is 3. The lowest BCUT2D eigenvalue weighted by Crippen LogP contribution is -2.42. The Kier molecular flexibility index (Phi) is 12.2.